The van der Waals surface area contributed by atoms with E-state index < -0.39 is 12.1 Å². The molecule has 0 spiro atoms. The van der Waals surface area contributed by atoms with E-state index in [9.17, 15) is 15.0 Å². The molecule has 3 N–H and O–H groups in total. The van der Waals surface area contributed by atoms with Crippen LogP contribution in [0.1, 0.15) is 284 Å². The van der Waals surface area contributed by atoms with Gasteiger partial charge in [0.25, 0.3) is 0 Å². The lowest BCUT2D eigenvalue weighted by atomic mass is 10.0. The first-order valence-corrected chi connectivity index (χ1v) is 24.9. The minimum atomic E-state index is -0.834. The molecule has 0 bridgehead atoms. The zero-order chi connectivity index (χ0) is 39.3. The van der Waals surface area contributed by atoms with Gasteiger partial charge in [-0.3, -0.25) is 4.79 Å². The summed E-state index contributed by atoms with van der Waals surface area (Å²) >= 11 is 0. The van der Waals surface area contributed by atoms with Gasteiger partial charge in [-0.25, -0.2) is 0 Å². The smallest absolute Gasteiger partial charge is 0.220 e. The van der Waals surface area contributed by atoms with Crippen LogP contribution in [0.2, 0.25) is 0 Å². The van der Waals surface area contributed by atoms with Crippen LogP contribution in [0.4, 0.5) is 0 Å². The highest BCUT2D eigenvalue weighted by Crippen LogP contribution is 2.17. The maximum absolute atomic E-state index is 12.4. The number of aliphatic hydroxyl groups excluding tert-OH is 2. The molecule has 0 aromatic carbocycles. The monoisotopic (exact) mass is 762 g/mol. The van der Waals surface area contributed by atoms with Crippen molar-refractivity contribution in [1.82, 2.24) is 5.32 Å². The standard InChI is InChI=1S/C50H99NO3/c1-3-5-7-9-11-13-15-17-19-21-23-24-25-26-28-30-32-34-36-38-40-42-44-46-50(54)51-48(47-52)49(53)45-43-41-39-37-35-33-31-29-27-22-20-18-16-14-12-10-8-6-4-2/h43,45,48-49,52-53H,3-42,44,46-47H2,1-2H3,(H,51,54)/b45-43+. The number of carbonyl (C=O) groups excluding carboxylic acids is 1. The van der Waals surface area contributed by atoms with Crippen LogP contribution in [0.3, 0.4) is 0 Å². The Labute approximate surface area is 339 Å². The highest BCUT2D eigenvalue weighted by Gasteiger charge is 2.18. The normalized spacial score (nSPS) is 12.9. The Balaban J connectivity index is 3.48. The second-order valence-electron chi connectivity index (χ2n) is 17.2. The molecule has 2 unspecified atom stereocenters. The fourth-order valence-corrected chi connectivity index (χ4v) is 7.95. The zero-order valence-corrected chi connectivity index (χ0v) is 37.0. The second-order valence-corrected chi connectivity index (χ2v) is 17.2. The van der Waals surface area contributed by atoms with Crippen LogP contribution in [0.25, 0.3) is 0 Å². The van der Waals surface area contributed by atoms with Gasteiger partial charge in [-0.1, -0.05) is 270 Å². The molecule has 0 fully saturated rings. The van der Waals surface area contributed by atoms with Gasteiger partial charge < -0.3 is 15.5 Å². The number of carbonyl (C=O) groups is 1. The van der Waals surface area contributed by atoms with Crippen LogP contribution in [0.5, 0.6) is 0 Å². The molecule has 0 aromatic rings. The maximum Gasteiger partial charge on any atom is 0.220 e. The van der Waals surface area contributed by atoms with Crippen molar-refractivity contribution in [3.8, 4) is 0 Å². The summed E-state index contributed by atoms with van der Waals surface area (Å²) in [4.78, 5) is 12.4. The highest BCUT2D eigenvalue weighted by atomic mass is 16.3. The van der Waals surface area contributed by atoms with Crippen molar-refractivity contribution in [2.75, 3.05) is 6.61 Å². The molecule has 0 heterocycles. The Morgan fingerprint density at radius 3 is 0.963 bits per heavy atom. The third-order valence-corrected chi connectivity index (χ3v) is 11.8. The van der Waals surface area contributed by atoms with E-state index in [0.29, 0.717) is 6.42 Å². The molecule has 54 heavy (non-hydrogen) atoms. The van der Waals surface area contributed by atoms with Crippen molar-refractivity contribution in [3.05, 3.63) is 12.2 Å². The van der Waals surface area contributed by atoms with Gasteiger partial charge in [-0.05, 0) is 19.3 Å². The first-order chi connectivity index (χ1) is 26.7. The van der Waals surface area contributed by atoms with E-state index in [0.717, 1.165) is 25.7 Å². The zero-order valence-electron chi connectivity index (χ0n) is 37.0. The predicted octanol–water partition coefficient (Wildman–Crippen LogP) is 15.8. The van der Waals surface area contributed by atoms with Gasteiger partial charge >= 0.3 is 0 Å². The summed E-state index contributed by atoms with van der Waals surface area (Å²) in [5, 5.41) is 23.1. The second kappa shape index (κ2) is 46.5. The molecule has 0 aliphatic carbocycles. The topological polar surface area (TPSA) is 69.6 Å². The van der Waals surface area contributed by atoms with Crippen molar-refractivity contribution in [3.63, 3.8) is 0 Å². The molecule has 0 saturated heterocycles. The number of allylic oxidation sites excluding steroid dienone is 1. The van der Waals surface area contributed by atoms with Gasteiger partial charge in [0.2, 0.25) is 5.91 Å². The summed E-state index contributed by atoms with van der Waals surface area (Å²) in [5.74, 6) is -0.0573. The van der Waals surface area contributed by atoms with Gasteiger partial charge in [0.05, 0.1) is 18.8 Å². The van der Waals surface area contributed by atoms with Gasteiger partial charge in [0.15, 0.2) is 0 Å². The Hall–Kier alpha value is -0.870. The summed E-state index contributed by atoms with van der Waals surface area (Å²) in [6.45, 7) is 4.34. The number of hydrogen-bond donors (Lipinski definition) is 3. The molecule has 0 saturated carbocycles. The lowest BCUT2D eigenvalue weighted by Crippen LogP contribution is -2.45. The molecule has 4 heteroatoms. The molecule has 0 aromatic heterocycles. The van der Waals surface area contributed by atoms with E-state index in [-0.39, 0.29) is 12.5 Å². The van der Waals surface area contributed by atoms with Gasteiger partial charge in [0, 0.05) is 6.42 Å². The Morgan fingerprint density at radius 2 is 0.685 bits per heavy atom. The molecule has 0 aliphatic heterocycles. The summed E-state index contributed by atoms with van der Waals surface area (Å²) in [6, 6.07) is -0.617. The van der Waals surface area contributed by atoms with Gasteiger partial charge in [-0.15, -0.1) is 0 Å². The third-order valence-electron chi connectivity index (χ3n) is 11.8. The summed E-state index contributed by atoms with van der Waals surface area (Å²) in [6.07, 6.45) is 59.1. The van der Waals surface area contributed by atoms with Crippen LogP contribution in [0, 0.1) is 0 Å². The Kier molecular flexibility index (Phi) is 45.8. The van der Waals surface area contributed by atoms with Gasteiger partial charge in [0.1, 0.15) is 0 Å². The fraction of sp³-hybridized carbons (Fsp3) is 0.940. The average Bonchev–Trinajstić information content (AvgIpc) is 3.18. The van der Waals surface area contributed by atoms with Crippen molar-refractivity contribution < 1.29 is 15.0 Å². The van der Waals surface area contributed by atoms with Crippen molar-refractivity contribution in [2.24, 2.45) is 0 Å². The largest absolute Gasteiger partial charge is 0.394 e. The predicted molar refractivity (Wildman–Crippen MR) is 239 cm³/mol. The lowest BCUT2D eigenvalue weighted by Gasteiger charge is -2.20. The number of unbranched alkanes of at least 4 members (excludes halogenated alkanes) is 39. The van der Waals surface area contributed by atoms with Crippen molar-refractivity contribution >= 4 is 5.91 Å². The van der Waals surface area contributed by atoms with Crippen LogP contribution in [0.15, 0.2) is 12.2 Å². The average molecular weight is 762 g/mol. The van der Waals surface area contributed by atoms with E-state index in [1.165, 1.54) is 238 Å². The quantitative estimate of drug-likeness (QED) is 0.0427. The van der Waals surface area contributed by atoms with E-state index in [4.69, 9.17) is 0 Å². The summed E-state index contributed by atoms with van der Waals surface area (Å²) in [7, 11) is 0. The molecule has 322 valence electrons. The van der Waals surface area contributed by atoms with Crippen molar-refractivity contribution in [1.29, 1.82) is 0 Å². The molecule has 0 rings (SSSR count). The van der Waals surface area contributed by atoms with E-state index in [2.05, 4.69) is 19.2 Å². The Bertz CT molecular complexity index is 739. The number of nitrogens with one attached hydrogen (secondary N) is 1. The van der Waals surface area contributed by atoms with E-state index >= 15 is 0 Å². The number of rotatable bonds is 46. The molecule has 4 nitrogen and oxygen atoms in total. The summed E-state index contributed by atoms with van der Waals surface area (Å²) < 4.78 is 0. The van der Waals surface area contributed by atoms with Gasteiger partial charge in [-0.2, -0.15) is 0 Å². The minimum Gasteiger partial charge on any atom is -0.394 e. The molecule has 1 amide bonds. The van der Waals surface area contributed by atoms with Crippen LogP contribution in [-0.4, -0.2) is 34.9 Å². The van der Waals surface area contributed by atoms with Crippen LogP contribution in [-0.2, 0) is 4.79 Å². The molecule has 2 atom stereocenters. The first kappa shape index (κ1) is 53.1. The molecular weight excluding hydrogens is 663 g/mol. The van der Waals surface area contributed by atoms with Crippen LogP contribution >= 0.6 is 0 Å². The number of hydrogen-bond acceptors (Lipinski definition) is 3. The summed E-state index contributed by atoms with van der Waals surface area (Å²) in [5.41, 5.74) is 0. The van der Waals surface area contributed by atoms with Crippen LogP contribution < -0.4 is 5.32 Å². The SMILES string of the molecule is CCCCCCCCCCCCCCCCCCC/C=C/C(O)C(CO)NC(=O)CCCCCCCCCCCCCCCCCCCCCCCCC. The highest BCUT2D eigenvalue weighted by molar-refractivity contribution is 5.76. The molecular formula is C50H99NO3. The number of aliphatic hydroxyl groups is 2. The van der Waals surface area contributed by atoms with Crippen molar-refractivity contribution in [2.45, 2.75) is 296 Å². The molecule has 0 radical (unpaired) electrons. The minimum absolute atomic E-state index is 0.0573. The first-order valence-electron chi connectivity index (χ1n) is 24.9. The maximum atomic E-state index is 12.4. The lowest BCUT2D eigenvalue weighted by molar-refractivity contribution is -0.123. The fourth-order valence-electron chi connectivity index (χ4n) is 7.95. The number of amides is 1. The molecule has 0 aliphatic rings. The Morgan fingerprint density at radius 1 is 0.426 bits per heavy atom. The van der Waals surface area contributed by atoms with E-state index in [1.807, 2.05) is 6.08 Å². The van der Waals surface area contributed by atoms with E-state index in [1.54, 1.807) is 6.08 Å². The third kappa shape index (κ3) is 42.3.